The van der Waals surface area contributed by atoms with Crippen LogP contribution in [-0.2, 0) is 27.3 Å². The van der Waals surface area contributed by atoms with Crippen LogP contribution in [0.3, 0.4) is 0 Å². The van der Waals surface area contributed by atoms with E-state index < -0.39 is 6.04 Å². The number of likely N-dealkylation sites (N-methyl/N-ethyl adjacent to an activating group) is 2. The number of anilines is 1. The summed E-state index contributed by atoms with van der Waals surface area (Å²) in [6.07, 6.45) is 8.13. The Morgan fingerprint density at radius 3 is 2.38 bits per heavy atom. The number of aromatic nitrogens is 4. The van der Waals surface area contributed by atoms with Crippen LogP contribution in [0.4, 0.5) is 5.82 Å². The lowest BCUT2D eigenvalue weighted by atomic mass is 9.98. The van der Waals surface area contributed by atoms with Crippen LogP contribution in [0, 0.1) is 0 Å². The van der Waals surface area contributed by atoms with E-state index in [1.165, 1.54) is 6.42 Å². The van der Waals surface area contributed by atoms with E-state index in [1.807, 2.05) is 85.5 Å². The summed E-state index contributed by atoms with van der Waals surface area (Å²) < 4.78 is 9.22. The standard InChI is InChI=1S/C21H22N6O2.C17H22N2O2.H2/c1-2-25-20-14(13-22-27(20)16-6-4-3-5-7-16)12-18(21(25)29)23-19(28)17-10-11-26(24-17)15-8-9-15;1-13(9-19-11-15-8-16(12-19)21-15)17(20)18(2)10-14-6-4-3-5-7-14;/h3-7,10-11,13,15,18H,2,8-9,12H2,1H3,(H,23,28);3-7,15-16H,1,8-12H2,2H3;1H/t18-;;/m0../s1. The number of para-hydroxylation sites is 1. The van der Waals surface area contributed by atoms with Crippen molar-refractivity contribution in [2.45, 2.75) is 63.4 Å². The number of hydrogen-bond acceptors (Lipinski definition) is 7. The van der Waals surface area contributed by atoms with E-state index in [-0.39, 0.29) is 19.1 Å². The fraction of sp³-hybridized carbons (Fsp3) is 0.395. The third kappa shape index (κ3) is 7.26. The first-order valence-electron chi connectivity index (χ1n) is 17.4. The van der Waals surface area contributed by atoms with Gasteiger partial charge in [-0.3, -0.25) is 28.9 Å². The van der Waals surface area contributed by atoms with E-state index in [1.54, 1.807) is 26.7 Å². The minimum atomic E-state index is -0.630. The molecule has 3 saturated heterocycles. The van der Waals surface area contributed by atoms with Gasteiger partial charge in [0.05, 0.1) is 30.1 Å². The van der Waals surface area contributed by atoms with Gasteiger partial charge < -0.3 is 15.0 Å². The molecular weight excluding hydrogens is 632 g/mol. The van der Waals surface area contributed by atoms with Gasteiger partial charge in [0.25, 0.3) is 17.7 Å². The maximum absolute atomic E-state index is 13.1. The number of rotatable bonds is 10. The predicted molar refractivity (Wildman–Crippen MR) is 191 cm³/mol. The third-order valence-electron chi connectivity index (χ3n) is 9.61. The number of benzene rings is 2. The van der Waals surface area contributed by atoms with Crippen molar-refractivity contribution in [3.8, 4) is 5.69 Å². The summed E-state index contributed by atoms with van der Waals surface area (Å²) in [5.41, 5.74) is 3.97. The molecule has 3 amide bonds. The van der Waals surface area contributed by atoms with Crippen molar-refractivity contribution < 1.29 is 20.5 Å². The van der Waals surface area contributed by atoms with Gasteiger partial charge in [0, 0.05) is 71.4 Å². The van der Waals surface area contributed by atoms with E-state index in [0.717, 1.165) is 48.6 Å². The largest absolute Gasteiger partial charge is 0.372 e. The van der Waals surface area contributed by atoms with Gasteiger partial charge in [-0.2, -0.15) is 10.2 Å². The number of carbonyl (C=O) groups is 3. The molecule has 1 aliphatic carbocycles. The molecular formula is C38H46N8O4. The molecule has 1 N–H and O–H groups in total. The summed E-state index contributed by atoms with van der Waals surface area (Å²) in [7, 11) is 1.83. The minimum absolute atomic E-state index is 0. The second-order valence-electron chi connectivity index (χ2n) is 13.5. The van der Waals surface area contributed by atoms with E-state index in [4.69, 9.17) is 4.74 Å². The average Bonchev–Trinajstić information content (AvgIpc) is 3.69. The molecule has 4 aromatic rings. The first kappa shape index (κ1) is 33.4. The molecule has 12 nitrogen and oxygen atoms in total. The Bertz CT molecular complexity index is 1840. The number of nitrogens with zero attached hydrogens (tertiary/aromatic N) is 7. The SMILES string of the molecule is C=C(CN1CC2CC(C1)O2)C(=O)N(C)Cc1ccccc1.CCN1C(=O)[C@@H](NC(=O)c2ccn(C3CC3)n2)Cc2cnn(-c3ccccc3)c21.[HH]. The summed E-state index contributed by atoms with van der Waals surface area (Å²) >= 11 is 0. The number of morpholine rings is 1. The second-order valence-corrected chi connectivity index (χ2v) is 13.5. The highest BCUT2D eigenvalue weighted by Gasteiger charge is 2.39. The van der Waals surface area contributed by atoms with E-state index in [9.17, 15) is 14.4 Å². The van der Waals surface area contributed by atoms with Crippen LogP contribution in [0.1, 0.15) is 55.3 Å². The van der Waals surface area contributed by atoms with E-state index in [2.05, 4.69) is 27.0 Å². The van der Waals surface area contributed by atoms with Crippen molar-refractivity contribution in [1.82, 2.24) is 34.7 Å². The summed E-state index contributed by atoms with van der Waals surface area (Å²) in [5.74, 6) is 0.344. The maximum atomic E-state index is 13.1. The lowest BCUT2D eigenvalue weighted by Crippen LogP contribution is -2.57. The first-order chi connectivity index (χ1) is 24.3. The normalized spacial score (nSPS) is 21.0. The van der Waals surface area contributed by atoms with Crippen molar-refractivity contribution >= 4 is 23.5 Å². The topological polar surface area (TPSA) is 118 Å². The minimum Gasteiger partial charge on any atom is -0.372 e. The number of carbonyl (C=O) groups excluding carboxylic acids is 3. The quantitative estimate of drug-likeness (QED) is 0.252. The Hall–Kier alpha value is -5.07. The zero-order valence-electron chi connectivity index (χ0n) is 28.6. The average molecular weight is 679 g/mol. The molecule has 2 bridgehead atoms. The molecule has 4 aliphatic heterocycles. The highest BCUT2D eigenvalue weighted by atomic mass is 16.5. The molecule has 6 heterocycles. The molecule has 4 fully saturated rings. The summed E-state index contributed by atoms with van der Waals surface area (Å²) in [4.78, 5) is 43.9. The molecule has 2 aromatic carbocycles. The summed E-state index contributed by atoms with van der Waals surface area (Å²) in [6, 6.07) is 21.2. The third-order valence-corrected chi connectivity index (χ3v) is 9.61. The van der Waals surface area contributed by atoms with Crippen LogP contribution in [0.2, 0.25) is 0 Å². The molecule has 262 valence electrons. The smallest absolute Gasteiger partial charge is 0.272 e. The summed E-state index contributed by atoms with van der Waals surface area (Å²) in [6.45, 7) is 9.50. The molecule has 0 radical (unpaired) electrons. The molecule has 1 saturated carbocycles. The maximum Gasteiger partial charge on any atom is 0.272 e. The second kappa shape index (κ2) is 14.4. The van der Waals surface area contributed by atoms with Gasteiger partial charge in [-0.1, -0.05) is 55.1 Å². The Labute approximate surface area is 293 Å². The number of hydrogen-bond donors (Lipinski definition) is 1. The Morgan fingerprint density at radius 1 is 1.04 bits per heavy atom. The fourth-order valence-corrected chi connectivity index (χ4v) is 6.92. The first-order valence-corrected chi connectivity index (χ1v) is 17.4. The van der Waals surface area contributed by atoms with E-state index in [0.29, 0.717) is 55.6 Å². The van der Waals surface area contributed by atoms with Gasteiger partial charge in [-0.05, 0) is 43.5 Å². The number of piperidine rings is 1. The van der Waals surface area contributed by atoms with Gasteiger partial charge in [-0.25, -0.2) is 4.68 Å². The zero-order chi connectivity index (χ0) is 34.8. The number of nitrogens with one attached hydrogen (secondary N) is 1. The molecule has 2 unspecified atom stereocenters. The zero-order valence-corrected chi connectivity index (χ0v) is 28.6. The van der Waals surface area contributed by atoms with Crippen molar-refractivity contribution in [1.29, 1.82) is 0 Å². The van der Waals surface area contributed by atoms with E-state index >= 15 is 0 Å². The van der Waals surface area contributed by atoms with Crippen molar-refractivity contribution in [3.63, 3.8) is 0 Å². The molecule has 3 atom stereocenters. The van der Waals surface area contributed by atoms with Gasteiger partial charge >= 0.3 is 0 Å². The summed E-state index contributed by atoms with van der Waals surface area (Å²) in [5, 5.41) is 11.7. The molecule has 5 aliphatic rings. The van der Waals surface area contributed by atoms with Crippen LogP contribution >= 0.6 is 0 Å². The fourth-order valence-electron chi connectivity index (χ4n) is 6.92. The Morgan fingerprint density at radius 2 is 1.72 bits per heavy atom. The Balaban J connectivity index is 0.000000181. The van der Waals surface area contributed by atoms with Crippen molar-refractivity contribution in [2.24, 2.45) is 0 Å². The van der Waals surface area contributed by atoms with Crippen LogP contribution in [0.25, 0.3) is 5.69 Å². The number of fused-ring (bicyclic) bond motifs is 3. The van der Waals surface area contributed by atoms with Crippen molar-refractivity contribution in [3.05, 3.63) is 108 Å². The lowest BCUT2D eigenvalue weighted by Gasteiger charge is -2.47. The molecule has 12 heteroatoms. The predicted octanol–water partition coefficient (Wildman–Crippen LogP) is 4.03. The highest BCUT2D eigenvalue weighted by Crippen LogP contribution is 2.34. The lowest BCUT2D eigenvalue weighted by molar-refractivity contribution is -0.179. The molecule has 9 rings (SSSR count). The van der Waals surface area contributed by atoms with Gasteiger partial charge in [0.1, 0.15) is 17.6 Å². The van der Waals surface area contributed by atoms with Crippen LogP contribution in [-0.4, -0.2) is 98.6 Å². The van der Waals surface area contributed by atoms with Crippen LogP contribution in [0.5, 0.6) is 0 Å². The molecule has 50 heavy (non-hydrogen) atoms. The van der Waals surface area contributed by atoms with Gasteiger partial charge in [-0.15, -0.1) is 0 Å². The van der Waals surface area contributed by atoms with Gasteiger partial charge in [0.2, 0.25) is 0 Å². The van der Waals surface area contributed by atoms with Crippen molar-refractivity contribution in [2.75, 3.05) is 38.1 Å². The monoisotopic (exact) mass is 678 g/mol. The van der Waals surface area contributed by atoms with Crippen LogP contribution < -0.4 is 10.2 Å². The molecule has 0 spiro atoms. The number of amides is 3. The molecule has 2 aromatic heterocycles. The number of ether oxygens (including phenoxy) is 1. The van der Waals surface area contributed by atoms with Gasteiger partial charge in [0.15, 0.2) is 0 Å². The highest BCUT2D eigenvalue weighted by molar-refractivity contribution is 6.03. The van der Waals surface area contributed by atoms with Crippen LogP contribution in [0.15, 0.2) is 91.3 Å². The Kier molecular flexibility index (Phi) is 9.64.